The number of aliphatic imine (C=N–C) groups is 1. The number of carbonyl (C=O) groups is 2. The van der Waals surface area contributed by atoms with Crippen LogP contribution in [0.15, 0.2) is 34.2 Å². The number of nitrogens with zero attached hydrogens (tertiary/aromatic N) is 3. The van der Waals surface area contributed by atoms with Crippen molar-refractivity contribution in [2.75, 3.05) is 39.8 Å². The van der Waals surface area contributed by atoms with E-state index in [9.17, 15) is 35.9 Å². The van der Waals surface area contributed by atoms with Gasteiger partial charge in [0.1, 0.15) is 12.4 Å². The van der Waals surface area contributed by atoms with E-state index < -0.39 is 23.5 Å². The maximum Gasteiger partial charge on any atom is 0.416 e. The van der Waals surface area contributed by atoms with Gasteiger partial charge in [-0.1, -0.05) is 12.1 Å². The van der Waals surface area contributed by atoms with Gasteiger partial charge in [-0.15, -0.1) is 0 Å². The number of benzene rings is 1. The van der Waals surface area contributed by atoms with Crippen molar-refractivity contribution in [3.8, 4) is 0 Å². The van der Waals surface area contributed by atoms with Gasteiger partial charge in [0.05, 0.1) is 22.6 Å². The predicted molar refractivity (Wildman–Crippen MR) is 126 cm³/mol. The van der Waals surface area contributed by atoms with Crippen LogP contribution in [0.2, 0.25) is 0 Å². The summed E-state index contributed by atoms with van der Waals surface area (Å²) in [6, 6.07) is 1.70. The summed E-state index contributed by atoms with van der Waals surface area (Å²) in [5.41, 5.74) is -2.85. The number of rotatable bonds is 7. The molecular weight excluding hydrogens is 526 g/mol. The molecule has 2 aliphatic heterocycles. The Hall–Kier alpha value is -2.58. The largest absolute Gasteiger partial charge is 0.416 e. The molecule has 2 saturated heterocycles. The lowest BCUT2D eigenvalue weighted by Crippen LogP contribution is -2.33. The molecule has 2 N–H and O–H groups in total. The highest BCUT2D eigenvalue weighted by Gasteiger charge is 2.38. The van der Waals surface area contributed by atoms with E-state index >= 15 is 0 Å². The molecule has 2 amide bonds. The predicted octanol–water partition coefficient (Wildman–Crippen LogP) is 4.13. The quantitative estimate of drug-likeness (QED) is 0.497. The Bertz CT molecular complexity index is 1070. The molecule has 0 radical (unpaired) electrons. The Kier molecular flexibility index (Phi) is 9.29. The zero-order valence-electron chi connectivity index (χ0n) is 19.8. The number of amides is 2. The molecule has 2 fully saturated rings. The van der Waals surface area contributed by atoms with Crippen molar-refractivity contribution >= 4 is 28.7 Å². The number of hydrogen-bond acceptors (Lipinski definition) is 6. The van der Waals surface area contributed by atoms with Gasteiger partial charge in [0.2, 0.25) is 5.91 Å². The molecule has 0 saturated carbocycles. The molecule has 2 heterocycles. The summed E-state index contributed by atoms with van der Waals surface area (Å²) in [6.07, 6.45) is -6.82. The number of aliphatic hydroxyl groups is 1. The molecule has 0 bridgehead atoms. The average Bonchev–Trinajstić information content (AvgIpc) is 3.16. The van der Waals surface area contributed by atoms with E-state index in [-0.39, 0.29) is 60.8 Å². The van der Waals surface area contributed by atoms with E-state index in [1.807, 2.05) is 6.08 Å². The minimum absolute atomic E-state index is 0.000828. The number of allylic oxidation sites excluding steroid dienone is 1. The number of halogens is 6. The number of nitrogens with one attached hydrogen (secondary N) is 1. The van der Waals surface area contributed by atoms with E-state index in [0.717, 1.165) is 17.8 Å². The number of alkyl halides is 6. The van der Waals surface area contributed by atoms with Crippen LogP contribution in [0.25, 0.3) is 0 Å². The molecule has 0 atom stereocenters. The highest BCUT2D eigenvalue weighted by Crippen LogP contribution is 2.38. The van der Waals surface area contributed by atoms with Crippen LogP contribution >= 0.6 is 11.8 Å². The van der Waals surface area contributed by atoms with Crippen molar-refractivity contribution in [2.24, 2.45) is 10.9 Å². The van der Waals surface area contributed by atoms with Crippen LogP contribution < -0.4 is 5.32 Å². The van der Waals surface area contributed by atoms with Gasteiger partial charge >= 0.3 is 12.4 Å². The molecule has 0 aromatic heterocycles. The first kappa shape index (κ1) is 29.0. The summed E-state index contributed by atoms with van der Waals surface area (Å²) in [5.74, 6) is -0.0660. The highest BCUT2D eigenvalue weighted by molar-refractivity contribution is 8.18. The third-order valence-electron chi connectivity index (χ3n) is 6.05. The summed E-state index contributed by atoms with van der Waals surface area (Å²) in [4.78, 5) is 31.7. The standard InChI is InChI=1S/C23H26F6N4O3S/c1-32(8-9-34)19(35)12-30-20-18(37-21(36)31-20)10-14-4-6-33(7-5-14)13-15-2-3-16(22(24,25)26)11-17(15)23(27,28)29/h2-3,10-11,14,34H,4-9,12-13H2,1H3,(H,30,31,36). The Morgan fingerprint density at radius 3 is 2.49 bits per heavy atom. The van der Waals surface area contributed by atoms with Gasteiger partial charge in [-0.2, -0.15) is 26.3 Å². The van der Waals surface area contributed by atoms with Crippen LogP contribution in [0.5, 0.6) is 0 Å². The topological polar surface area (TPSA) is 85.2 Å². The van der Waals surface area contributed by atoms with Crippen LogP contribution in [0.1, 0.15) is 29.5 Å². The number of carbonyl (C=O) groups excluding carboxylic acids is 2. The number of amidine groups is 1. The van der Waals surface area contributed by atoms with Gasteiger partial charge in [0, 0.05) is 20.1 Å². The van der Waals surface area contributed by atoms with Crippen molar-refractivity contribution < 1.29 is 41.0 Å². The maximum absolute atomic E-state index is 13.4. The van der Waals surface area contributed by atoms with Crippen molar-refractivity contribution in [1.29, 1.82) is 0 Å². The fourth-order valence-electron chi connectivity index (χ4n) is 3.99. The number of likely N-dealkylation sites (N-methyl/N-ethyl adjacent to an activating group) is 1. The highest BCUT2D eigenvalue weighted by atomic mass is 32.2. The van der Waals surface area contributed by atoms with Crippen molar-refractivity contribution in [1.82, 2.24) is 15.1 Å². The fourth-order valence-corrected chi connectivity index (χ4v) is 4.81. The number of aliphatic hydroxyl groups excluding tert-OH is 1. The first-order valence-electron chi connectivity index (χ1n) is 11.4. The zero-order chi connectivity index (χ0) is 27.4. The first-order valence-corrected chi connectivity index (χ1v) is 12.2. The third kappa shape index (κ3) is 7.95. The van der Waals surface area contributed by atoms with Crippen molar-refractivity contribution in [3.05, 3.63) is 45.9 Å². The van der Waals surface area contributed by atoms with Gasteiger partial charge in [0.15, 0.2) is 0 Å². The number of likely N-dealkylation sites (tertiary alicyclic amines) is 1. The van der Waals surface area contributed by atoms with Gasteiger partial charge in [0.25, 0.3) is 5.24 Å². The van der Waals surface area contributed by atoms with E-state index in [1.165, 1.54) is 11.9 Å². The molecule has 1 aromatic carbocycles. The molecule has 1 aromatic rings. The van der Waals surface area contributed by atoms with Gasteiger partial charge in [-0.25, -0.2) is 0 Å². The maximum atomic E-state index is 13.4. The molecule has 0 aliphatic carbocycles. The summed E-state index contributed by atoms with van der Waals surface area (Å²) in [7, 11) is 1.52. The molecular formula is C23H26F6N4O3S. The van der Waals surface area contributed by atoms with E-state index in [4.69, 9.17) is 5.11 Å². The van der Waals surface area contributed by atoms with E-state index in [0.29, 0.717) is 36.9 Å². The van der Waals surface area contributed by atoms with E-state index in [2.05, 4.69) is 10.3 Å². The SMILES string of the molecule is CN(CCO)C(=O)CN=C1NC(=O)SC1=CC1CCN(Cc2ccc(C(F)(F)F)cc2C(F)(F)F)CC1. The van der Waals surface area contributed by atoms with Crippen LogP contribution in [-0.4, -0.2) is 71.7 Å². The van der Waals surface area contributed by atoms with Crippen molar-refractivity contribution in [2.45, 2.75) is 31.7 Å². The normalized spacial score (nSPS) is 20.1. The third-order valence-corrected chi connectivity index (χ3v) is 6.88. The Labute approximate surface area is 213 Å². The lowest BCUT2D eigenvalue weighted by atomic mass is 9.95. The molecule has 7 nitrogen and oxygen atoms in total. The van der Waals surface area contributed by atoms with Crippen LogP contribution in [0.4, 0.5) is 31.1 Å². The van der Waals surface area contributed by atoms with Crippen LogP contribution in [0.3, 0.4) is 0 Å². The first-order chi connectivity index (χ1) is 17.3. The second-order valence-corrected chi connectivity index (χ2v) is 9.74. The summed E-state index contributed by atoms with van der Waals surface area (Å²) in [6.45, 7) is 0.443. The monoisotopic (exact) mass is 552 g/mol. The second-order valence-electron chi connectivity index (χ2n) is 8.73. The van der Waals surface area contributed by atoms with Gasteiger partial charge in [-0.05, 0) is 61.3 Å². The minimum atomic E-state index is -4.91. The molecule has 14 heteroatoms. The number of piperidine rings is 1. The summed E-state index contributed by atoms with van der Waals surface area (Å²) >= 11 is 0.934. The minimum Gasteiger partial charge on any atom is -0.395 e. The average molecular weight is 553 g/mol. The Balaban J connectivity index is 1.64. The van der Waals surface area contributed by atoms with Crippen LogP contribution in [-0.2, 0) is 23.7 Å². The number of hydrogen-bond donors (Lipinski definition) is 2. The Morgan fingerprint density at radius 2 is 1.89 bits per heavy atom. The molecule has 37 heavy (non-hydrogen) atoms. The number of thioether (sulfide) groups is 1. The lowest BCUT2D eigenvalue weighted by Gasteiger charge is -2.31. The second kappa shape index (κ2) is 11.9. The zero-order valence-corrected chi connectivity index (χ0v) is 20.6. The van der Waals surface area contributed by atoms with Gasteiger partial charge in [-0.3, -0.25) is 19.5 Å². The molecule has 204 valence electrons. The molecule has 2 aliphatic rings. The Morgan fingerprint density at radius 1 is 1.22 bits per heavy atom. The summed E-state index contributed by atoms with van der Waals surface area (Å²) < 4.78 is 79.1. The molecule has 0 spiro atoms. The van der Waals surface area contributed by atoms with E-state index in [1.54, 1.807) is 4.90 Å². The summed E-state index contributed by atoms with van der Waals surface area (Å²) in [5, 5.41) is 11.2. The lowest BCUT2D eigenvalue weighted by molar-refractivity contribution is -0.143. The molecule has 0 unspecified atom stereocenters. The van der Waals surface area contributed by atoms with Crippen LogP contribution in [0, 0.1) is 5.92 Å². The fraction of sp³-hybridized carbons (Fsp3) is 0.522. The van der Waals surface area contributed by atoms with Crippen molar-refractivity contribution in [3.63, 3.8) is 0 Å². The smallest absolute Gasteiger partial charge is 0.395 e. The van der Waals surface area contributed by atoms with Gasteiger partial charge < -0.3 is 15.3 Å². The molecule has 3 rings (SSSR count).